The van der Waals surface area contributed by atoms with E-state index in [-0.39, 0.29) is 29.1 Å². The van der Waals surface area contributed by atoms with E-state index in [4.69, 9.17) is 15.2 Å². The van der Waals surface area contributed by atoms with Crippen molar-refractivity contribution in [2.45, 2.75) is 43.1 Å². The Morgan fingerprint density at radius 2 is 2.29 bits per heavy atom. The Morgan fingerprint density at radius 1 is 1.50 bits per heavy atom. The molecule has 0 saturated heterocycles. The monoisotopic (exact) mass is 391 g/mol. The number of carbonyl (C=O) groups is 2. The second-order valence-electron chi connectivity index (χ2n) is 6.68. The van der Waals surface area contributed by atoms with E-state index in [1.807, 2.05) is 12.1 Å². The van der Waals surface area contributed by atoms with Crippen LogP contribution in [0.15, 0.2) is 22.7 Å². The van der Waals surface area contributed by atoms with Crippen molar-refractivity contribution < 1.29 is 19.1 Å². The highest BCUT2D eigenvalue weighted by atomic mass is 79.9. The van der Waals surface area contributed by atoms with E-state index in [2.05, 4.69) is 15.9 Å². The molecule has 3 aliphatic rings. The molecule has 6 heteroatoms. The number of methoxy groups -OCH3 is 1. The van der Waals surface area contributed by atoms with Crippen LogP contribution in [0.25, 0.3) is 0 Å². The Bertz CT molecular complexity index is 788. The number of amides is 1. The van der Waals surface area contributed by atoms with Crippen molar-refractivity contribution in [1.82, 2.24) is 0 Å². The van der Waals surface area contributed by atoms with Crippen LogP contribution in [-0.4, -0.2) is 24.9 Å². The first-order chi connectivity index (χ1) is 11.5. The van der Waals surface area contributed by atoms with Crippen LogP contribution in [0.2, 0.25) is 0 Å². The molecule has 1 heterocycles. The van der Waals surface area contributed by atoms with Crippen molar-refractivity contribution >= 4 is 27.6 Å². The number of nitrogens with two attached hydrogens (primary N) is 1. The number of ketones is 1. The molecule has 0 radical (unpaired) electrons. The minimum Gasteiger partial charge on any atom is -0.493 e. The number of rotatable bonds is 2. The molecule has 1 aromatic carbocycles. The molecule has 1 spiro atoms. The first-order valence-electron chi connectivity index (χ1n) is 8.07. The van der Waals surface area contributed by atoms with Crippen LogP contribution in [-0.2, 0) is 15.0 Å². The molecular formula is C18H18BrNO4. The molecule has 0 saturated carbocycles. The lowest BCUT2D eigenvalue weighted by Gasteiger charge is -2.33. The summed E-state index contributed by atoms with van der Waals surface area (Å²) in [6.07, 6.45) is 6.07. The maximum atomic E-state index is 12.1. The quantitative estimate of drug-likeness (QED) is 0.840. The zero-order chi connectivity index (χ0) is 17.1. The minimum absolute atomic E-state index is 0.0636. The first kappa shape index (κ1) is 15.7. The third kappa shape index (κ3) is 1.98. The average Bonchev–Trinajstić information content (AvgIpc) is 2.75. The summed E-state index contributed by atoms with van der Waals surface area (Å²) in [5, 5.41) is 0. The highest BCUT2D eigenvalue weighted by molar-refractivity contribution is 9.10. The van der Waals surface area contributed by atoms with Gasteiger partial charge in [-0.2, -0.15) is 0 Å². The van der Waals surface area contributed by atoms with Crippen molar-refractivity contribution in [1.29, 1.82) is 0 Å². The Kier molecular flexibility index (Phi) is 3.49. The second-order valence-corrected chi connectivity index (χ2v) is 7.53. The molecule has 0 fully saturated rings. The van der Waals surface area contributed by atoms with Crippen LogP contribution in [0, 0.1) is 0 Å². The summed E-state index contributed by atoms with van der Waals surface area (Å²) in [5.41, 5.74) is 7.15. The van der Waals surface area contributed by atoms with Gasteiger partial charge in [-0.15, -0.1) is 0 Å². The van der Waals surface area contributed by atoms with Gasteiger partial charge in [0, 0.05) is 16.5 Å². The summed E-state index contributed by atoms with van der Waals surface area (Å²) < 4.78 is 12.5. The normalized spacial score (nSPS) is 30.2. The lowest BCUT2D eigenvalue weighted by Crippen LogP contribution is -2.40. The summed E-state index contributed by atoms with van der Waals surface area (Å²) in [5.74, 6) is 0.619. The predicted octanol–water partition coefficient (Wildman–Crippen LogP) is 2.74. The zero-order valence-electron chi connectivity index (χ0n) is 13.3. The Morgan fingerprint density at radius 3 is 3.00 bits per heavy atom. The molecule has 1 aliphatic heterocycles. The molecule has 2 aliphatic carbocycles. The Hall–Kier alpha value is -1.82. The van der Waals surface area contributed by atoms with Crippen LogP contribution >= 0.6 is 15.9 Å². The Labute approximate surface area is 148 Å². The largest absolute Gasteiger partial charge is 0.493 e. The molecule has 126 valence electrons. The fourth-order valence-corrected chi connectivity index (χ4v) is 5.09. The molecule has 0 unspecified atom stereocenters. The highest BCUT2D eigenvalue weighted by Gasteiger charge is 2.54. The van der Waals surface area contributed by atoms with Crippen molar-refractivity contribution in [3.05, 3.63) is 33.8 Å². The third-order valence-corrected chi connectivity index (χ3v) is 6.14. The summed E-state index contributed by atoms with van der Waals surface area (Å²) in [4.78, 5) is 24.0. The van der Waals surface area contributed by atoms with Gasteiger partial charge >= 0.3 is 0 Å². The van der Waals surface area contributed by atoms with Gasteiger partial charge in [0.1, 0.15) is 6.10 Å². The molecule has 1 amide bonds. The number of allylic oxidation sites excluding steroid dienone is 1. The average molecular weight is 392 g/mol. The minimum atomic E-state index is -0.389. The van der Waals surface area contributed by atoms with Crippen molar-refractivity contribution in [3.8, 4) is 11.5 Å². The molecule has 24 heavy (non-hydrogen) atoms. The predicted molar refractivity (Wildman–Crippen MR) is 91.3 cm³/mol. The van der Waals surface area contributed by atoms with E-state index in [9.17, 15) is 9.59 Å². The molecular weight excluding hydrogens is 374 g/mol. The number of halogens is 1. The van der Waals surface area contributed by atoms with Gasteiger partial charge in [-0.05, 0) is 30.5 Å². The molecule has 2 N–H and O–H groups in total. The summed E-state index contributed by atoms with van der Waals surface area (Å²) in [6.45, 7) is 0. The summed E-state index contributed by atoms with van der Waals surface area (Å²) in [7, 11) is 1.59. The third-order valence-electron chi connectivity index (χ3n) is 5.48. The topological polar surface area (TPSA) is 78.6 Å². The van der Waals surface area contributed by atoms with Crippen molar-refractivity contribution in [2.75, 3.05) is 7.11 Å². The SMILES string of the molecule is COc1cc(Br)c2c3c1O[C@@H]1CC(=O)C=C[C@]31CCC[C@H]2C(N)=O. The fourth-order valence-electron chi connectivity index (χ4n) is 4.41. The number of hydrogen-bond donors (Lipinski definition) is 1. The highest BCUT2D eigenvalue weighted by Crippen LogP contribution is 2.59. The maximum Gasteiger partial charge on any atom is 0.225 e. The van der Waals surface area contributed by atoms with Gasteiger partial charge in [-0.3, -0.25) is 9.59 Å². The zero-order valence-corrected chi connectivity index (χ0v) is 14.9. The van der Waals surface area contributed by atoms with E-state index >= 15 is 0 Å². The van der Waals surface area contributed by atoms with E-state index in [0.717, 1.165) is 28.4 Å². The molecule has 0 bridgehead atoms. The van der Waals surface area contributed by atoms with Gasteiger partial charge in [0.25, 0.3) is 0 Å². The summed E-state index contributed by atoms with van der Waals surface area (Å²) in [6, 6.07) is 1.83. The fraction of sp³-hybridized carbons (Fsp3) is 0.444. The van der Waals surface area contributed by atoms with Gasteiger partial charge in [-0.1, -0.05) is 28.4 Å². The smallest absolute Gasteiger partial charge is 0.225 e. The van der Waals surface area contributed by atoms with E-state index in [1.54, 1.807) is 13.2 Å². The van der Waals surface area contributed by atoms with Gasteiger partial charge in [0.2, 0.25) is 5.91 Å². The number of primary amides is 1. The van der Waals surface area contributed by atoms with Crippen LogP contribution < -0.4 is 15.2 Å². The van der Waals surface area contributed by atoms with Crippen LogP contribution in [0.1, 0.15) is 42.7 Å². The number of hydrogen-bond acceptors (Lipinski definition) is 4. The number of benzene rings is 1. The van der Waals surface area contributed by atoms with E-state index < -0.39 is 0 Å². The van der Waals surface area contributed by atoms with Crippen LogP contribution in [0.5, 0.6) is 11.5 Å². The lowest BCUT2D eigenvalue weighted by atomic mass is 9.69. The van der Waals surface area contributed by atoms with Gasteiger partial charge < -0.3 is 15.2 Å². The molecule has 0 aromatic heterocycles. The van der Waals surface area contributed by atoms with Crippen molar-refractivity contribution in [3.63, 3.8) is 0 Å². The first-order valence-corrected chi connectivity index (χ1v) is 8.86. The molecule has 4 rings (SSSR count). The molecule has 3 atom stereocenters. The standard InChI is InChI=1S/C18H18BrNO4/c1-23-12-8-11(19)14-10(17(20)22)3-2-5-18-6-4-9(21)7-13(18)24-16(12)15(14)18/h4,6,8,10,13H,2-3,5,7H2,1H3,(H2,20,22)/t10-,13-,18+/m1/s1. The van der Waals surface area contributed by atoms with Crippen LogP contribution in [0.4, 0.5) is 0 Å². The maximum absolute atomic E-state index is 12.1. The molecule has 5 nitrogen and oxygen atoms in total. The van der Waals surface area contributed by atoms with E-state index in [0.29, 0.717) is 24.3 Å². The number of ether oxygens (including phenoxy) is 2. The van der Waals surface area contributed by atoms with Gasteiger partial charge in [-0.25, -0.2) is 0 Å². The summed E-state index contributed by atoms with van der Waals surface area (Å²) >= 11 is 3.60. The van der Waals surface area contributed by atoms with Crippen molar-refractivity contribution in [2.24, 2.45) is 5.73 Å². The lowest BCUT2D eigenvalue weighted by molar-refractivity contribution is -0.119. The second kappa shape index (κ2) is 5.34. The number of carbonyl (C=O) groups excluding carboxylic acids is 2. The Balaban J connectivity index is 2.05. The van der Waals surface area contributed by atoms with Crippen LogP contribution in [0.3, 0.4) is 0 Å². The van der Waals surface area contributed by atoms with E-state index in [1.165, 1.54) is 0 Å². The van der Waals surface area contributed by atoms with Gasteiger partial charge in [0.15, 0.2) is 17.3 Å². The molecule has 1 aromatic rings. The van der Waals surface area contributed by atoms with Gasteiger partial charge in [0.05, 0.1) is 18.4 Å².